The molecule has 1 rings (SSSR count). The molecular weight excluding hydrogens is 211 g/mol. The molecule has 0 aromatic heterocycles. The fourth-order valence-corrected chi connectivity index (χ4v) is 2.10. The monoisotopic (exact) mass is 228 g/mol. The van der Waals surface area contributed by atoms with Gasteiger partial charge in [0.15, 0.2) is 0 Å². The molecule has 1 N–H and O–H groups in total. The molecule has 0 spiro atoms. The third kappa shape index (κ3) is 4.22. The summed E-state index contributed by atoms with van der Waals surface area (Å²) in [5.41, 5.74) is 1.51. The smallest absolute Gasteiger partial charge is 0.123 e. The molecule has 15 heavy (non-hydrogen) atoms. The van der Waals surface area contributed by atoms with E-state index in [0.717, 1.165) is 5.56 Å². The Bertz CT molecular complexity index is 305. The molecule has 1 aromatic carbocycles. The van der Waals surface area contributed by atoms with Crippen molar-refractivity contribution in [2.24, 2.45) is 0 Å². The quantitative estimate of drug-likeness (QED) is 0.853. The Hall–Kier alpha value is -0.540. The lowest BCUT2D eigenvalue weighted by molar-refractivity contribution is 0.203. The molecule has 0 amide bonds. The fourth-order valence-electron chi connectivity index (χ4n) is 1.34. The van der Waals surface area contributed by atoms with Crippen LogP contribution in [0.5, 0.6) is 0 Å². The summed E-state index contributed by atoms with van der Waals surface area (Å²) < 4.78 is 13.1. The number of halogens is 1. The lowest BCUT2D eigenvalue weighted by atomic mass is 10.1. The van der Waals surface area contributed by atoms with E-state index < -0.39 is 6.10 Å². The number of aliphatic hydroxyl groups is 1. The Kier molecular flexibility index (Phi) is 4.61. The average molecular weight is 228 g/mol. The highest BCUT2D eigenvalue weighted by atomic mass is 32.2. The van der Waals surface area contributed by atoms with Crippen LogP contribution in [0.2, 0.25) is 0 Å². The van der Waals surface area contributed by atoms with Gasteiger partial charge in [-0.05, 0) is 35.4 Å². The van der Waals surface area contributed by atoms with E-state index in [1.54, 1.807) is 11.8 Å². The van der Waals surface area contributed by atoms with Crippen LogP contribution in [0.3, 0.4) is 0 Å². The van der Waals surface area contributed by atoms with Crippen LogP contribution in [0.1, 0.15) is 31.1 Å². The van der Waals surface area contributed by atoms with Crippen LogP contribution >= 0.6 is 11.8 Å². The van der Waals surface area contributed by atoms with E-state index in [9.17, 15) is 9.50 Å². The number of benzene rings is 1. The van der Waals surface area contributed by atoms with Gasteiger partial charge in [-0.3, -0.25) is 0 Å². The second-order valence-corrected chi connectivity index (χ2v) is 5.57. The van der Waals surface area contributed by atoms with Gasteiger partial charge in [0.1, 0.15) is 5.82 Å². The first-order valence-corrected chi connectivity index (χ1v) is 6.10. The average Bonchev–Trinajstić information content (AvgIpc) is 2.12. The Balaban J connectivity index is 2.68. The van der Waals surface area contributed by atoms with Gasteiger partial charge in [-0.15, -0.1) is 0 Å². The number of hydrogen-bond donors (Lipinski definition) is 1. The van der Waals surface area contributed by atoms with Gasteiger partial charge in [0, 0.05) is 5.75 Å². The molecular formula is C12H17FOS. The van der Waals surface area contributed by atoms with Crippen molar-refractivity contribution in [1.82, 2.24) is 0 Å². The minimum atomic E-state index is -0.577. The predicted molar refractivity (Wildman–Crippen MR) is 63.7 cm³/mol. The maximum atomic E-state index is 13.1. The minimum absolute atomic E-state index is 0.279. The number of rotatable bonds is 4. The van der Waals surface area contributed by atoms with E-state index in [1.807, 2.05) is 13.0 Å². The molecule has 0 saturated heterocycles. The van der Waals surface area contributed by atoms with E-state index in [2.05, 4.69) is 13.8 Å². The molecule has 0 aliphatic rings. The molecule has 0 heterocycles. The molecule has 1 nitrogen and oxygen atoms in total. The number of thioether (sulfide) groups is 1. The van der Waals surface area contributed by atoms with Gasteiger partial charge in [-0.25, -0.2) is 4.39 Å². The molecule has 0 bridgehead atoms. The Morgan fingerprint density at radius 1 is 1.33 bits per heavy atom. The fraction of sp³-hybridized carbons (Fsp3) is 0.500. The number of hydrogen-bond acceptors (Lipinski definition) is 2. The van der Waals surface area contributed by atoms with E-state index in [1.165, 1.54) is 12.1 Å². The summed E-state index contributed by atoms with van der Waals surface area (Å²) in [4.78, 5) is 0. The first-order valence-electron chi connectivity index (χ1n) is 5.06. The zero-order chi connectivity index (χ0) is 11.4. The highest BCUT2D eigenvalue weighted by Crippen LogP contribution is 2.22. The summed E-state index contributed by atoms with van der Waals surface area (Å²) in [5, 5.41) is 10.3. The third-order valence-corrected chi connectivity index (χ3v) is 3.21. The summed E-state index contributed by atoms with van der Waals surface area (Å²) in [5.74, 6) is 0.333. The number of aryl methyl sites for hydroxylation is 1. The van der Waals surface area contributed by atoms with Crippen molar-refractivity contribution in [1.29, 1.82) is 0 Å². The lowest BCUT2D eigenvalue weighted by Crippen LogP contribution is -2.04. The Labute approximate surface area is 94.7 Å². The predicted octanol–water partition coefficient (Wildman–Crippen LogP) is 3.31. The van der Waals surface area contributed by atoms with Crippen molar-refractivity contribution < 1.29 is 9.50 Å². The Morgan fingerprint density at radius 3 is 2.53 bits per heavy atom. The standard InChI is InChI=1S/C12H17FOS/c1-8(2)15-7-12(14)10-4-9(3)5-11(13)6-10/h4-6,8,12,14H,7H2,1-3H3. The summed E-state index contributed by atoms with van der Waals surface area (Å²) in [7, 11) is 0. The second kappa shape index (κ2) is 5.52. The van der Waals surface area contributed by atoms with Gasteiger partial charge in [0.2, 0.25) is 0 Å². The van der Waals surface area contributed by atoms with Crippen molar-refractivity contribution in [3.63, 3.8) is 0 Å². The summed E-state index contributed by atoms with van der Waals surface area (Å²) in [6.07, 6.45) is -0.577. The van der Waals surface area contributed by atoms with E-state index in [-0.39, 0.29) is 5.82 Å². The maximum Gasteiger partial charge on any atom is 0.123 e. The molecule has 0 radical (unpaired) electrons. The van der Waals surface area contributed by atoms with Crippen molar-refractivity contribution >= 4 is 11.8 Å². The Morgan fingerprint density at radius 2 is 2.00 bits per heavy atom. The molecule has 1 atom stereocenters. The molecule has 1 unspecified atom stereocenters. The van der Waals surface area contributed by atoms with Crippen LogP contribution in [-0.2, 0) is 0 Å². The van der Waals surface area contributed by atoms with Gasteiger partial charge in [0.05, 0.1) is 6.10 Å². The van der Waals surface area contributed by atoms with Gasteiger partial charge in [0.25, 0.3) is 0 Å². The van der Waals surface area contributed by atoms with Gasteiger partial charge < -0.3 is 5.11 Å². The van der Waals surface area contributed by atoms with Crippen LogP contribution in [0.4, 0.5) is 4.39 Å². The van der Waals surface area contributed by atoms with Crippen LogP contribution in [0, 0.1) is 12.7 Å². The van der Waals surface area contributed by atoms with Crippen LogP contribution in [0.15, 0.2) is 18.2 Å². The maximum absolute atomic E-state index is 13.1. The minimum Gasteiger partial charge on any atom is -0.388 e. The first kappa shape index (κ1) is 12.5. The largest absolute Gasteiger partial charge is 0.388 e. The zero-order valence-corrected chi connectivity index (χ0v) is 10.1. The molecule has 1 aromatic rings. The normalized spacial score (nSPS) is 13.2. The van der Waals surface area contributed by atoms with E-state index >= 15 is 0 Å². The van der Waals surface area contributed by atoms with Crippen molar-refractivity contribution in [2.75, 3.05) is 5.75 Å². The van der Waals surface area contributed by atoms with Crippen molar-refractivity contribution in [3.05, 3.63) is 35.1 Å². The molecule has 0 saturated carbocycles. The first-order chi connectivity index (χ1) is 6.99. The summed E-state index contributed by atoms with van der Waals surface area (Å²) in [6.45, 7) is 5.98. The van der Waals surface area contributed by atoms with Crippen molar-refractivity contribution in [3.8, 4) is 0 Å². The van der Waals surface area contributed by atoms with Crippen molar-refractivity contribution in [2.45, 2.75) is 32.1 Å². The summed E-state index contributed by atoms with van der Waals surface area (Å²) in [6, 6.07) is 4.69. The van der Waals surface area contributed by atoms with Crippen LogP contribution in [-0.4, -0.2) is 16.1 Å². The molecule has 0 aliphatic heterocycles. The van der Waals surface area contributed by atoms with E-state index in [0.29, 0.717) is 16.6 Å². The topological polar surface area (TPSA) is 20.2 Å². The zero-order valence-electron chi connectivity index (χ0n) is 9.33. The van der Waals surface area contributed by atoms with Gasteiger partial charge >= 0.3 is 0 Å². The molecule has 0 aliphatic carbocycles. The highest BCUT2D eigenvalue weighted by molar-refractivity contribution is 7.99. The highest BCUT2D eigenvalue weighted by Gasteiger charge is 2.10. The lowest BCUT2D eigenvalue weighted by Gasteiger charge is -2.13. The second-order valence-electron chi connectivity index (χ2n) is 3.96. The molecule has 84 valence electrons. The SMILES string of the molecule is Cc1cc(F)cc(C(O)CSC(C)C)c1. The van der Waals surface area contributed by atoms with Gasteiger partial charge in [-0.2, -0.15) is 11.8 Å². The van der Waals surface area contributed by atoms with Gasteiger partial charge in [-0.1, -0.05) is 19.9 Å². The third-order valence-electron chi connectivity index (χ3n) is 2.04. The van der Waals surface area contributed by atoms with Crippen LogP contribution < -0.4 is 0 Å². The number of aliphatic hydroxyl groups excluding tert-OH is 1. The molecule has 3 heteroatoms. The summed E-state index contributed by atoms with van der Waals surface area (Å²) >= 11 is 1.67. The molecule has 0 fully saturated rings. The van der Waals surface area contributed by atoms with E-state index in [4.69, 9.17) is 0 Å². The van der Waals surface area contributed by atoms with Crippen LogP contribution in [0.25, 0.3) is 0 Å².